The molecule has 0 aliphatic carbocycles. The van der Waals surface area contributed by atoms with E-state index in [1.807, 2.05) is 6.92 Å². The lowest BCUT2D eigenvalue weighted by molar-refractivity contribution is 0.294. The van der Waals surface area contributed by atoms with E-state index in [1.165, 1.54) is 12.1 Å². The van der Waals surface area contributed by atoms with Crippen molar-refractivity contribution in [3.63, 3.8) is 0 Å². The maximum absolute atomic E-state index is 13.3. The average molecular weight is 262 g/mol. The first kappa shape index (κ1) is 13.7. The number of aromatic amines is 1. The Morgan fingerprint density at radius 3 is 2.58 bits per heavy atom. The van der Waals surface area contributed by atoms with E-state index in [1.54, 1.807) is 6.07 Å². The van der Waals surface area contributed by atoms with Crippen molar-refractivity contribution in [1.29, 1.82) is 0 Å². The third-order valence-corrected chi connectivity index (χ3v) is 3.55. The fourth-order valence-electron chi connectivity index (χ4n) is 2.28. The molecule has 19 heavy (non-hydrogen) atoms. The number of rotatable bonds is 4. The number of halogens is 1. The highest BCUT2D eigenvalue weighted by Gasteiger charge is 2.12. The first-order chi connectivity index (χ1) is 9.06. The van der Waals surface area contributed by atoms with Crippen LogP contribution in [-0.2, 0) is 6.54 Å². The van der Waals surface area contributed by atoms with Crippen LogP contribution in [0, 0.1) is 12.7 Å². The van der Waals surface area contributed by atoms with E-state index in [-0.39, 0.29) is 11.2 Å². The van der Waals surface area contributed by atoms with Gasteiger partial charge in [0.25, 0.3) is 0 Å². The highest BCUT2D eigenvalue weighted by Crippen LogP contribution is 2.14. The molecule has 0 amide bonds. The first-order valence-electron chi connectivity index (χ1n) is 6.60. The van der Waals surface area contributed by atoms with Crippen molar-refractivity contribution in [1.82, 2.24) is 9.88 Å². The number of fused-ring (bicyclic) bond motifs is 1. The molecule has 2 rings (SSSR count). The second-order valence-electron chi connectivity index (χ2n) is 4.71. The van der Waals surface area contributed by atoms with E-state index in [4.69, 9.17) is 0 Å². The normalized spacial score (nSPS) is 11.4. The van der Waals surface area contributed by atoms with E-state index in [2.05, 4.69) is 23.7 Å². The van der Waals surface area contributed by atoms with E-state index in [0.717, 1.165) is 24.3 Å². The molecule has 0 atom stereocenters. The molecule has 0 aliphatic rings. The van der Waals surface area contributed by atoms with Gasteiger partial charge in [0.05, 0.1) is 0 Å². The number of nitrogens with one attached hydrogen (secondary N) is 1. The number of pyridine rings is 1. The van der Waals surface area contributed by atoms with Crippen LogP contribution in [0.15, 0.2) is 23.0 Å². The Morgan fingerprint density at radius 1 is 1.26 bits per heavy atom. The van der Waals surface area contributed by atoms with Crippen LogP contribution >= 0.6 is 0 Å². The molecular weight excluding hydrogens is 243 g/mol. The van der Waals surface area contributed by atoms with Gasteiger partial charge in [0.1, 0.15) is 5.82 Å². The molecule has 1 heterocycles. The Balaban J connectivity index is 2.58. The van der Waals surface area contributed by atoms with Crippen molar-refractivity contribution in [2.24, 2.45) is 0 Å². The molecule has 0 bridgehead atoms. The Morgan fingerprint density at radius 2 is 1.95 bits per heavy atom. The standard InChI is InChI=1S/C15H19FN2O/c1-4-18(5-2)9-13-10(3)17-14-7-6-11(16)8-12(14)15(13)19/h6-8H,4-5,9H2,1-3H3,(H,17,19). The third-order valence-electron chi connectivity index (χ3n) is 3.55. The average Bonchev–Trinajstić information content (AvgIpc) is 2.40. The molecule has 1 aromatic heterocycles. The Bertz CT molecular complexity index is 644. The summed E-state index contributed by atoms with van der Waals surface area (Å²) in [5.74, 6) is -0.379. The monoisotopic (exact) mass is 262 g/mol. The van der Waals surface area contributed by atoms with Crippen molar-refractivity contribution in [3.05, 3.63) is 45.5 Å². The number of hydrogen-bond donors (Lipinski definition) is 1. The van der Waals surface area contributed by atoms with Crippen molar-refractivity contribution in [3.8, 4) is 0 Å². The van der Waals surface area contributed by atoms with Gasteiger partial charge >= 0.3 is 0 Å². The summed E-state index contributed by atoms with van der Waals surface area (Å²) in [5.41, 5.74) is 2.20. The molecule has 2 aromatic rings. The quantitative estimate of drug-likeness (QED) is 0.919. The Kier molecular flexibility index (Phi) is 4.00. The van der Waals surface area contributed by atoms with Crippen LogP contribution < -0.4 is 5.43 Å². The minimum absolute atomic E-state index is 0.0716. The SMILES string of the molecule is CCN(CC)Cc1c(C)[nH]c2ccc(F)cc2c1=O. The molecular formula is C15H19FN2O. The number of aryl methyl sites for hydroxylation is 1. The molecule has 0 unspecified atom stereocenters. The Hall–Kier alpha value is -1.68. The summed E-state index contributed by atoms with van der Waals surface area (Å²) in [7, 11) is 0. The van der Waals surface area contributed by atoms with Gasteiger partial charge in [-0.05, 0) is 38.2 Å². The van der Waals surface area contributed by atoms with Gasteiger partial charge in [-0.3, -0.25) is 9.69 Å². The largest absolute Gasteiger partial charge is 0.358 e. The van der Waals surface area contributed by atoms with E-state index in [9.17, 15) is 9.18 Å². The summed E-state index contributed by atoms with van der Waals surface area (Å²) in [6.07, 6.45) is 0. The highest BCUT2D eigenvalue weighted by molar-refractivity contribution is 5.79. The highest BCUT2D eigenvalue weighted by atomic mass is 19.1. The van der Waals surface area contributed by atoms with E-state index < -0.39 is 0 Å². The summed E-state index contributed by atoms with van der Waals surface area (Å²) in [5, 5.41) is 0.424. The first-order valence-corrected chi connectivity index (χ1v) is 6.60. The van der Waals surface area contributed by atoms with Gasteiger partial charge in [0.2, 0.25) is 0 Å². The lowest BCUT2D eigenvalue weighted by Gasteiger charge is -2.19. The van der Waals surface area contributed by atoms with Crippen molar-refractivity contribution < 1.29 is 4.39 Å². The zero-order chi connectivity index (χ0) is 14.0. The molecule has 3 nitrogen and oxygen atoms in total. The number of hydrogen-bond acceptors (Lipinski definition) is 2. The minimum Gasteiger partial charge on any atom is -0.358 e. The van der Waals surface area contributed by atoms with Crippen LogP contribution in [0.2, 0.25) is 0 Å². The zero-order valence-corrected chi connectivity index (χ0v) is 11.6. The number of H-pyrrole nitrogens is 1. The molecule has 0 aliphatic heterocycles. The smallest absolute Gasteiger partial charge is 0.194 e. The third kappa shape index (κ3) is 2.68. The van der Waals surface area contributed by atoms with Crippen molar-refractivity contribution in [2.75, 3.05) is 13.1 Å². The predicted octanol–water partition coefficient (Wildman–Crippen LogP) is 2.82. The van der Waals surface area contributed by atoms with Gasteiger partial charge < -0.3 is 4.98 Å². The van der Waals surface area contributed by atoms with E-state index >= 15 is 0 Å². The molecule has 0 fully saturated rings. The van der Waals surface area contributed by atoms with Crippen LogP contribution in [0.25, 0.3) is 10.9 Å². The van der Waals surface area contributed by atoms with Crippen molar-refractivity contribution >= 4 is 10.9 Å². The van der Waals surface area contributed by atoms with Crippen LogP contribution in [0.1, 0.15) is 25.1 Å². The molecule has 0 spiro atoms. The van der Waals surface area contributed by atoms with Gasteiger partial charge in [0, 0.05) is 28.7 Å². The van der Waals surface area contributed by atoms with Gasteiger partial charge in [-0.1, -0.05) is 13.8 Å². The zero-order valence-electron chi connectivity index (χ0n) is 11.6. The van der Waals surface area contributed by atoms with Crippen LogP contribution in [0.4, 0.5) is 4.39 Å². The molecule has 102 valence electrons. The molecule has 4 heteroatoms. The lowest BCUT2D eigenvalue weighted by atomic mass is 10.1. The van der Waals surface area contributed by atoms with E-state index in [0.29, 0.717) is 17.4 Å². The fourth-order valence-corrected chi connectivity index (χ4v) is 2.28. The summed E-state index contributed by atoms with van der Waals surface area (Å²) in [4.78, 5) is 17.8. The predicted molar refractivity (Wildman–Crippen MR) is 75.9 cm³/mol. The maximum Gasteiger partial charge on any atom is 0.194 e. The molecule has 1 N–H and O–H groups in total. The van der Waals surface area contributed by atoms with Gasteiger partial charge in [-0.2, -0.15) is 0 Å². The number of aromatic nitrogens is 1. The summed E-state index contributed by atoms with van der Waals surface area (Å²) in [6, 6.07) is 4.28. The van der Waals surface area contributed by atoms with Crippen LogP contribution in [0.5, 0.6) is 0 Å². The summed E-state index contributed by atoms with van der Waals surface area (Å²) < 4.78 is 13.3. The van der Waals surface area contributed by atoms with Crippen molar-refractivity contribution in [2.45, 2.75) is 27.3 Å². The number of benzene rings is 1. The second-order valence-corrected chi connectivity index (χ2v) is 4.71. The molecule has 0 radical (unpaired) electrons. The molecule has 0 saturated heterocycles. The lowest BCUT2D eigenvalue weighted by Crippen LogP contribution is -2.27. The summed E-state index contributed by atoms with van der Waals surface area (Å²) >= 11 is 0. The molecule has 0 saturated carbocycles. The topological polar surface area (TPSA) is 36.1 Å². The Labute approximate surface area is 112 Å². The number of nitrogens with zero attached hydrogens (tertiary/aromatic N) is 1. The van der Waals surface area contributed by atoms with Gasteiger partial charge in [-0.15, -0.1) is 0 Å². The molecule has 1 aromatic carbocycles. The van der Waals surface area contributed by atoms with Crippen LogP contribution in [-0.4, -0.2) is 23.0 Å². The van der Waals surface area contributed by atoms with Gasteiger partial charge in [0.15, 0.2) is 5.43 Å². The maximum atomic E-state index is 13.3. The minimum atomic E-state index is -0.379. The van der Waals surface area contributed by atoms with Gasteiger partial charge in [-0.25, -0.2) is 4.39 Å². The summed E-state index contributed by atoms with van der Waals surface area (Å²) in [6.45, 7) is 8.39. The van der Waals surface area contributed by atoms with Crippen LogP contribution in [0.3, 0.4) is 0 Å². The fraction of sp³-hybridized carbons (Fsp3) is 0.400. The second kappa shape index (κ2) is 5.53.